The fourth-order valence-corrected chi connectivity index (χ4v) is 2.20. The number of aromatic nitrogens is 2. The number of rotatable bonds is 3. The maximum Gasteiger partial charge on any atom is 0.356 e. The van der Waals surface area contributed by atoms with Crippen molar-refractivity contribution in [3.63, 3.8) is 0 Å². The van der Waals surface area contributed by atoms with Gasteiger partial charge in [0, 0.05) is 5.56 Å². The number of nitrogens with zero attached hydrogens (tertiary/aromatic N) is 2. The quantitative estimate of drug-likeness (QED) is 0.940. The van der Waals surface area contributed by atoms with Crippen molar-refractivity contribution in [2.75, 3.05) is 7.11 Å². The minimum Gasteiger partial charge on any atom is -0.496 e. The lowest BCUT2D eigenvalue weighted by molar-refractivity contribution is 0.0688. The van der Waals surface area contributed by atoms with Crippen molar-refractivity contribution in [1.29, 1.82) is 0 Å². The van der Waals surface area contributed by atoms with Crippen LogP contribution in [0.5, 0.6) is 5.75 Å². The van der Waals surface area contributed by atoms with Gasteiger partial charge < -0.3 is 9.84 Å². The maximum absolute atomic E-state index is 10.9. The molecule has 5 nitrogen and oxygen atoms in total. The van der Waals surface area contributed by atoms with Gasteiger partial charge in [-0.3, -0.25) is 0 Å². The van der Waals surface area contributed by atoms with Crippen molar-refractivity contribution in [1.82, 2.24) is 10.2 Å². The predicted octanol–water partition coefficient (Wildman–Crippen LogP) is 2.92. The highest BCUT2D eigenvalue weighted by Crippen LogP contribution is 2.29. The van der Waals surface area contributed by atoms with Crippen LogP contribution in [0.1, 0.15) is 16.1 Å². The average molecular weight is 323 g/mol. The van der Waals surface area contributed by atoms with E-state index in [0.717, 1.165) is 15.8 Å². The van der Waals surface area contributed by atoms with Gasteiger partial charge in [-0.15, -0.1) is 10.2 Å². The molecule has 1 aromatic heterocycles. The van der Waals surface area contributed by atoms with Crippen molar-refractivity contribution in [2.45, 2.75) is 6.92 Å². The smallest absolute Gasteiger partial charge is 0.356 e. The van der Waals surface area contributed by atoms with Gasteiger partial charge in [0.15, 0.2) is 5.69 Å². The van der Waals surface area contributed by atoms with Gasteiger partial charge in [0.2, 0.25) is 0 Å². The maximum atomic E-state index is 10.9. The predicted molar refractivity (Wildman–Crippen MR) is 73.4 cm³/mol. The van der Waals surface area contributed by atoms with Gasteiger partial charge in [-0.25, -0.2) is 4.79 Å². The van der Waals surface area contributed by atoms with Crippen LogP contribution in [0.2, 0.25) is 0 Å². The van der Waals surface area contributed by atoms with Gasteiger partial charge in [-0.1, -0.05) is 0 Å². The van der Waals surface area contributed by atoms with Crippen molar-refractivity contribution < 1.29 is 14.6 Å². The Kier molecular flexibility index (Phi) is 3.80. The summed E-state index contributed by atoms with van der Waals surface area (Å²) in [5.74, 6) is -0.358. The number of carbonyl (C=O) groups is 1. The zero-order chi connectivity index (χ0) is 14.0. The molecule has 0 saturated heterocycles. The number of carboxylic acids is 1. The lowest BCUT2D eigenvalue weighted by atomic mass is 10.1. The number of hydrogen-bond acceptors (Lipinski definition) is 4. The van der Waals surface area contributed by atoms with Crippen LogP contribution in [0.4, 0.5) is 0 Å². The normalized spacial score (nSPS) is 10.3. The van der Waals surface area contributed by atoms with E-state index in [-0.39, 0.29) is 5.69 Å². The molecule has 0 atom stereocenters. The molecule has 0 bridgehead atoms. The molecule has 2 rings (SSSR count). The van der Waals surface area contributed by atoms with Gasteiger partial charge >= 0.3 is 5.97 Å². The van der Waals surface area contributed by atoms with E-state index in [1.165, 1.54) is 0 Å². The number of halogens is 1. The molecule has 0 spiro atoms. The van der Waals surface area contributed by atoms with Crippen LogP contribution >= 0.6 is 15.9 Å². The standard InChI is InChI=1S/C13H11BrN2O3/c1-7-5-10(15-16-12(7)13(17)18)8-3-4-11(19-2)9(14)6-8/h3-6H,1-2H3,(H,17,18). The van der Waals surface area contributed by atoms with Crippen LogP contribution < -0.4 is 4.74 Å². The molecule has 0 fully saturated rings. The summed E-state index contributed by atoms with van der Waals surface area (Å²) in [5, 5.41) is 16.6. The Morgan fingerprint density at radius 3 is 2.58 bits per heavy atom. The van der Waals surface area contributed by atoms with E-state index in [1.54, 1.807) is 20.1 Å². The molecule has 98 valence electrons. The second-order valence-electron chi connectivity index (χ2n) is 3.92. The van der Waals surface area contributed by atoms with E-state index >= 15 is 0 Å². The second-order valence-corrected chi connectivity index (χ2v) is 4.77. The van der Waals surface area contributed by atoms with E-state index in [2.05, 4.69) is 26.1 Å². The van der Waals surface area contributed by atoms with E-state index in [9.17, 15) is 4.79 Å². The first-order valence-corrected chi connectivity index (χ1v) is 6.23. The Hall–Kier alpha value is -1.95. The summed E-state index contributed by atoms with van der Waals surface area (Å²) in [7, 11) is 1.59. The van der Waals surface area contributed by atoms with Gasteiger partial charge in [-0.05, 0) is 52.7 Å². The molecular weight excluding hydrogens is 312 g/mol. The van der Waals surface area contributed by atoms with Crippen LogP contribution in [0.25, 0.3) is 11.3 Å². The summed E-state index contributed by atoms with van der Waals surface area (Å²) in [6.45, 7) is 1.69. The van der Waals surface area contributed by atoms with E-state index in [0.29, 0.717) is 11.3 Å². The topological polar surface area (TPSA) is 72.3 Å². The number of ether oxygens (including phenoxy) is 1. The number of aromatic carboxylic acids is 1. The molecule has 19 heavy (non-hydrogen) atoms. The van der Waals surface area contributed by atoms with Crippen LogP contribution in [0.3, 0.4) is 0 Å². The minimum absolute atomic E-state index is 0.0312. The molecule has 0 radical (unpaired) electrons. The summed E-state index contributed by atoms with van der Waals surface area (Å²) in [5.41, 5.74) is 1.99. The van der Waals surface area contributed by atoms with Crippen LogP contribution in [-0.2, 0) is 0 Å². The molecule has 1 heterocycles. The monoisotopic (exact) mass is 322 g/mol. The minimum atomic E-state index is -1.08. The van der Waals surface area contributed by atoms with Crippen LogP contribution in [0, 0.1) is 6.92 Å². The summed E-state index contributed by atoms with van der Waals surface area (Å²) in [4.78, 5) is 10.9. The number of benzene rings is 1. The zero-order valence-electron chi connectivity index (χ0n) is 10.3. The summed E-state index contributed by atoms with van der Waals surface area (Å²) >= 11 is 3.39. The Bertz CT molecular complexity index is 644. The highest BCUT2D eigenvalue weighted by Gasteiger charge is 2.12. The molecule has 1 N–H and O–H groups in total. The van der Waals surface area contributed by atoms with Crippen molar-refractivity contribution >= 4 is 21.9 Å². The van der Waals surface area contributed by atoms with E-state index in [1.807, 2.05) is 18.2 Å². The molecular formula is C13H11BrN2O3. The van der Waals surface area contributed by atoms with Gasteiger partial charge in [0.25, 0.3) is 0 Å². The number of aryl methyl sites for hydroxylation is 1. The Labute approximate surface area is 118 Å². The first-order valence-electron chi connectivity index (χ1n) is 5.44. The molecule has 2 aromatic rings. The Morgan fingerprint density at radius 2 is 2.05 bits per heavy atom. The van der Waals surface area contributed by atoms with Crippen molar-refractivity contribution in [2.24, 2.45) is 0 Å². The Morgan fingerprint density at radius 1 is 1.32 bits per heavy atom. The fraction of sp³-hybridized carbons (Fsp3) is 0.154. The summed E-state index contributed by atoms with van der Waals surface area (Å²) in [6.07, 6.45) is 0. The number of methoxy groups -OCH3 is 1. The summed E-state index contributed by atoms with van der Waals surface area (Å²) in [6, 6.07) is 7.20. The van der Waals surface area contributed by atoms with E-state index in [4.69, 9.17) is 9.84 Å². The number of carboxylic acid groups (broad SMARTS) is 1. The van der Waals surface area contributed by atoms with Gasteiger partial charge in [0.1, 0.15) is 5.75 Å². The lowest BCUT2D eigenvalue weighted by Gasteiger charge is -2.07. The molecule has 0 amide bonds. The van der Waals surface area contributed by atoms with Crippen molar-refractivity contribution in [3.05, 3.63) is 40.0 Å². The summed E-state index contributed by atoms with van der Waals surface area (Å²) < 4.78 is 5.95. The van der Waals surface area contributed by atoms with Crippen LogP contribution in [-0.4, -0.2) is 28.4 Å². The molecule has 0 aliphatic rings. The molecule has 1 aromatic carbocycles. The lowest BCUT2D eigenvalue weighted by Crippen LogP contribution is -2.05. The highest BCUT2D eigenvalue weighted by molar-refractivity contribution is 9.10. The molecule has 6 heteroatoms. The fourth-order valence-electron chi connectivity index (χ4n) is 1.66. The SMILES string of the molecule is COc1ccc(-c2cc(C)c(C(=O)O)nn2)cc1Br. The first-order chi connectivity index (χ1) is 9.02. The van der Waals surface area contributed by atoms with Gasteiger partial charge in [0.05, 0.1) is 17.3 Å². The van der Waals surface area contributed by atoms with Gasteiger partial charge in [-0.2, -0.15) is 0 Å². The van der Waals surface area contributed by atoms with Crippen molar-refractivity contribution in [3.8, 4) is 17.0 Å². The third-order valence-electron chi connectivity index (χ3n) is 2.63. The van der Waals surface area contributed by atoms with E-state index < -0.39 is 5.97 Å². The Balaban J connectivity index is 2.45. The molecule has 0 unspecified atom stereocenters. The first kappa shape index (κ1) is 13.5. The van der Waals surface area contributed by atoms with Crippen LogP contribution in [0.15, 0.2) is 28.7 Å². The third kappa shape index (κ3) is 2.73. The number of hydrogen-bond donors (Lipinski definition) is 1. The second kappa shape index (κ2) is 5.36. The largest absolute Gasteiger partial charge is 0.496 e. The third-order valence-corrected chi connectivity index (χ3v) is 3.25. The molecule has 0 aliphatic carbocycles. The molecule has 0 saturated carbocycles. The highest BCUT2D eigenvalue weighted by atomic mass is 79.9. The average Bonchev–Trinajstić information content (AvgIpc) is 2.38. The molecule has 0 aliphatic heterocycles. The zero-order valence-corrected chi connectivity index (χ0v) is 11.9.